The van der Waals surface area contributed by atoms with Gasteiger partial charge in [0.25, 0.3) is 0 Å². The van der Waals surface area contributed by atoms with E-state index < -0.39 is 11.7 Å². The molecule has 0 aliphatic heterocycles. The van der Waals surface area contributed by atoms with E-state index in [0.29, 0.717) is 31.8 Å². The molecule has 7 heteroatoms. The first-order valence-electron chi connectivity index (χ1n) is 9.30. The molecule has 1 aromatic heterocycles. The number of methoxy groups -OCH3 is 1. The van der Waals surface area contributed by atoms with Crippen LogP contribution in [-0.2, 0) is 28.8 Å². The Hall–Kier alpha value is -2.28. The third-order valence-electron chi connectivity index (χ3n) is 4.47. The van der Waals surface area contributed by atoms with Gasteiger partial charge in [0, 0.05) is 44.6 Å². The smallest absolute Gasteiger partial charge is 0.385 e. The maximum atomic E-state index is 12.9. The summed E-state index contributed by atoms with van der Waals surface area (Å²) in [7, 11) is 1.62. The van der Waals surface area contributed by atoms with Gasteiger partial charge in [0.2, 0.25) is 5.91 Å². The highest BCUT2D eigenvalue weighted by molar-refractivity contribution is 5.78. The van der Waals surface area contributed by atoms with E-state index in [1.54, 1.807) is 18.1 Å². The highest BCUT2D eigenvalue weighted by atomic mass is 19.4. The van der Waals surface area contributed by atoms with Crippen LogP contribution in [0.2, 0.25) is 0 Å². The van der Waals surface area contributed by atoms with Crippen molar-refractivity contribution in [1.82, 2.24) is 9.47 Å². The fourth-order valence-electron chi connectivity index (χ4n) is 3.02. The van der Waals surface area contributed by atoms with Crippen molar-refractivity contribution in [3.63, 3.8) is 0 Å². The number of benzene rings is 1. The van der Waals surface area contributed by atoms with Gasteiger partial charge >= 0.3 is 6.18 Å². The molecule has 28 heavy (non-hydrogen) atoms. The summed E-state index contributed by atoms with van der Waals surface area (Å²) in [6, 6.07) is 9.06. The average molecular weight is 396 g/mol. The number of hydrogen-bond donors (Lipinski definition) is 0. The van der Waals surface area contributed by atoms with E-state index >= 15 is 0 Å². The van der Waals surface area contributed by atoms with Crippen LogP contribution >= 0.6 is 0 Å². The largest absolute Gasteiger partial charge is 0.416 e. The fourth-order valence-corrected chi connectivity index (χ4v) is 3.02. The quantitative estimate of drug-likeness (QED) is 0.582. The Morgan fingerprint density at radius 3 is 2.61 bits per heavy atom. The van der Waals surface area contributed by atoms with Gasteiger partial charge in [0.1, 0.15) is 0 Å². The second kappa shape index (κ2) is 9.78. The van der Waals surface area contributed by atoms with Gasteiger partial charge in [-0.3, -0.25) is 4.79 Å². The molecule has 2 aromatic rings. The van der Waals surface area contributed by atoms with Gasteiger partial charge in [0.15, 0.2) is 0 Å². The number of nitrogens with zero attached hydrogens (tertiary/aromatic N) is 2. The van der Waals surface area contributed by atoms with E-state index in [4.69, 9.17) is 4.74 Å². The standard InChI is InChI=1S/C21H27F3N2O2/c1-16(2)20(27)26(11-6-12-28-3)15-19-9-5-10-25(19)14-17-7-4-8-18(13-17)21(22,23)24/h4-5,7-10,13,16H,6,11-12,14-15H2,1-3H3. The van der Waals surface area contributed by atoms with Gasteiger partial charge in [-0.2, -0.15) is 13.2 Å². The van der Waals surface area contributed by atoms with E-state index in [9.17, 15) is 18.0 Å². The van der Waals surface area contributed by atoms with Crippen molar-refractivity contribution in [2.24, 2.45) is 5.92 Å². The molecule has 2 rings (SSSR count). The first kappa shape index (κ1) is 22.0. The Labute approximate surface area is 163 Å². The molecule has 0 saturated heterocycles. The summed E-state index contributed by atoms with van der Waals surface area (Å²) in [6.45, 7) is 5.56. The van der Waals surface area contributed by atoms with Crippen LogP contribution in [0.1, 0.15) is 37.1 Å². The number of alkyl halides is 3. The Kier molecular flexibility index (Phi) is 7.69. The van der Waals surface area contributed by atoms with Crippen LogP contribution in [-0.4, -0.2) is 35.6 Å². The zero-order valence-corrected chi connectivity index (χ0v) is 16.5. The van der Waals surface area contributed by atoms with Crippen molar-refractivity contribution in [2.75, 3.05) is 20.3 Å². The summed E-state index contributed by atoms with van der Waals surface area (Å²) < 4.78 is 45.8. The van der Waals surface area contributed by atoms with Gasteiger partial charge in [0.05, 0.1) is 12.1 Å². The molecule has 1 heterocycles. The van der Waals surface area contributed by atoms with Gasteiger partial charge < -0.3 is 14.2 Å². The predicted molar refractivity (Wildman–Crippen MR) is 102 cm³/mol. The van der Waals surface area contributed by atoms with Crippen molar-refractivity contribution in [1.29, 1.82) is 0 Å². The van der Waals surface area contributed by atoms with Crippen LogP contribution in [0.25, 0.3) is 0 Å². The predicted octanol–water partition coefficient (Wildman–Crippen LogP) is 4.58. The van der Waals surface area contributed by atoms with E-state index in [0.717, 1.165) is 18.2 Å². The number of hydrogen-bond acceptors (Lipinski definition) is 2. The Balaban J connectivity index is 2.16. The second-order valence-electron chi connectivity index (χ2n) is 7.09. The normalized spacial score (nSPS) is 11.8. The highest BCUT2D eigenvalue weighted by Crippen LogP contribution is 2.29. The molecule has 0 unspecified atom stereocenters. The lowest BCUT2D eigenvalue weighted by Crippen LogP contribution is -2.35. The maximum Gasteiger partial charge on any atom is 0.416 e. The molecule has 1 amide bonds. The van der Waals surface area contributed by atoms with Crippen LogP contribution in [0.4, 0.5) is 13.2 Å². The van der Waals surface area contributed by atoms with Crippen LogP contribution in [0.3, 0.4) is 0 Å². The second-order valence-corrected chi connectivity index (χ2v) is 7.09. The molecule has 154 valence electrons. The molecule has 0 bridgehead atoms. The average Bonchev–Trinajstić information content (AvgIpc) is 3.06. The fraction of sp³-hybridized carbons (Fsp3) is 0.476. The molecule has 0 spiro atoms. The third-order valence-corrected chi connectivity index (χ3v) is 4.47. The molecule has 0 saturated carbocycles. The SMILES string of the molecule is COCCCN(Cc1cccn1Cc1cccc(C(F)(F)F)c1)C(=O)C(C)C. The van der Waals surface area contributed by atoms with Crippen molar-refractivity contribution >= 4 is 5.91 Å². The lowest BCUT2D eigenvalue weighted by molar-refractivity contribution is -0.137. The zero-order chi connectivity index (χ0) is 20.7. The van der Waals surface area contributed by atoms with Gasteiger partial charge in [-0.1, -0.05) is 26.0 Å². The van der Waals surface area contributed by atoms with Crippen LogP contribution in [0.15, 0.2) is 42.6 Å². The van der Waals surface area contributed by atoms with Gasteiger partial charge in [-0.15, -0.1) is 0 Å². The van der Waals surface area contributed by atoms with Crippen molar-refractivity contribution in [3.8, 4) is 0 Å². The summed E-state index contributed by atoms with van der Waals surface area (Å²) in [5.74, 6) is -0.0858. The third kappa shape index (κ3) is 6.12. The molecule has 4 nitrogen and oxygen atoms in total. The molecule has 0 N–H and O–H groups in total. The summed E-state index contributed by atoms with van der Waals surface area (Å²) in [5, 5.41) is 0. The molecular weight excluding hydrogens is 369 g/mol. The number of aromatic nitrogens is 1. The lowest BCUT2D eigenvalue weighted by atomic mass is 10.1. The van der Waals surface area contributed by atoms with E-state index in [1.165, 1.54) is 12.1 Å². The van der Waals surface area contributed by atoms with E-state index in [2.05, 4.69) is 0 Å². The van der Waals surface area contributed by atoms with Gasteiger partial charge in [-0.25, -0.2) is 0 Å². The van der Waals surface area contributed by atoms with E-state index in [1.807, 2.05) is 36.7 Å². The lowest BCUT2D eigenvalue weighted by Gasteiger charge is -2.25. The van der Waals surface area contributed by atoms with Crippen molar-refractivity contribution in [3.05, 3.63) is 59.4 Å². The Morgan fingerprint density at radius 2 is 1.96 bits per heavy atom. The summed E-state index contributed by atoms with van der Waals surface area (Å²) in [6.07, 6.45) is -1.82. The minimum absolute atomic E-state index is 0.0444. The zero-order valence-electron chi connectivity index (χ0n) is 16.5. The Bertz CT molecular complexity index is 769. The molecule has 1 aromatic carbocycles. The number of amides is 1. The number of ether oxygens (including phenoxy) is 1. The number of rotatable bonds is 9. The minimum Gasteiger partial charge on any atom is -0.385 e. The van der Waals surface area contributed by atoms with Crippen LogP contribution in [0, 0.1) is 5.92 Å². The monoisotopic (exact) mass is 396 g/mol. The summed E-state index contributed by atoms with van der Waals surface area (Å²) in [4.78, 5) is 14.3. The Morgan fingerprint density at radius 1 is 1.21 bits per heavy atom. The minimum atomic E-state index is -4.36. The number of carbonyl (C=O) groups excluding carboxylic acids is 1. The number of halogens is 3. The first-order valence-corrected chi connectivity index (χ1v) is 9.30. The molecule has 0 aliphatic carbocycles. The number of carbonyl (C=O) groups is 1. The van der Waals surface area contributed by atoms with Crippen LogP contribution in [0.5, 0.6) is 0 Å². The summed E-state index contributed by atoms with van der Waals surface area (Å²) in [5.41, 5.74) is 0.784. The molecule has 0 radical (unpaired) electrons. The van der Waals surface area contributed by atoms with E-state index in [-0.39, 0.29) is 11.8 Å². The first-order chi connectivity index (χ1) is 13.2. The van der Waals surface area contributed by atoms with Gasteiger partial charge in [-0.05, 0) is 36.2 Å². The molecule has 0 aliphatic rings. The molecule has 0 fully saturated rings. The highest BCUT2D eigenvalue weighted by Gasteiger charge is 2.30. The van der Waals surface area contributed by atoms with Crippen molar-refractivity contribution in [2.45, 2.75) is 39.5 Å². The van der Waals surface area contributed by atoms with Crippen LogP contribution < -0.4 is 0 Å². The maximum absolute atomic E-state index is 12.9. The molecule has 0 atom stereocenters. The topological polar surface area (TPSA) is 34.5 Å². The van der Waals surface area contributed by atoms with Crippen molar-refractivity contribution < 1.29 is 22.7 Å². The molecular formula is C21H27F3N2O2. The summed E-state index contributed by atoms with van der Waals surface area (Å²) >= 11 is 0.